The SMILES string of the molecule is CC(S/C=C/c1ccc([N+](=O)[O-])o1)C(=O)OC(C)(C)C. The number of rotatable bonds is 5. The van der Waals surface area contributed by atoms with Gasteiger partial charge in [-0.1, -0.05) is 0 Å². The van der Waals surface area contributed by atoms with Crippen molar-refractivity contribution >= 4 is 29.7 Å². The molecular formula is C13H17NO5S. The van der Waals surface area contributed by atoms with E-state index in [0.29, 0.717) is 5.76 Å². The summed E-state index contributed by atoms with van der Waals surface area (Å²) in [7, 11) is 0. The van der Waals surface area contributed by atoms with Crippen molar-refractivity contribution < 1.29 is 18.9 Å². The smallest absolute Gasteiger partial charge is 0.433 e. The van der Waals surface area contributed by atoms with Gasteiger partial charge >= 0.3 is 11.9 Å². The first-order valence-corrected chi connectivity index (χ1v) is 6.92. The van der Waals surface area contributed by atoms with Crippen LogP contribution in [0.25, 0.3) is 6.08 Å². The van der Waals surface area contributed by atoms with Crippen molar-refractivity contribution in [1.29, 1.82) is 0 Å². The van der Waals surface area contributed by atoms with Gasteiger partial charge in [0.2, 0.25) is 0 Å². The fourth-order valence-electron chi connectivity index (χ4n) is 1.19. The fraction of sp³-hybridized carbons (Fsp3) is 0.462. The van der Waals surface area contributed by atoms with E-state index in [-0.39, 0.29) is 17.1 Å². The van der Waals surface area contributed by atoms with Gasteiger partial charge in [-0.15, -0.1) is 11.8 Å². The summed E-state index contributed by atoms with van der Waals surface area (Å²) in [5, 5.41) is 11.7. The molecule has 1 atom stereocenters. The minimum atomic E-state index is -0.603. The molecule has 0 aliphatic rings. The van der Waals surface area contributed by atoms with Crippen LogP contribution < -0.4 is 0 Å². The van der Waals surface area contributed by atoms with Crippen LogP contribution in [0, 0.1) is 10.1 Å². The van der Waals surface area contributed by atoms with Crippen LogP contribution >= 0.6 is 11.8 Å². The number of hydrogen-bond acceptors (Lipinski definition) is 6. The van der Waals surface area contributed by atoms with Gasteiger partial charge in [-0.05, 0) is 45.2 Å². The Morgan fingerprint density at radius 1 is 1.50 bits per heavy atom. The number of carbonyl (C=O) groups is 1. The lowest BCUT2D eigenvalue weighted by Gasteiger charge is -2.21. The lowest BCUT2D eigenvalue weighted by atomic mass is 10.2. The first kappa shape index (κ1) is 16.3. The molecule has 0 bridgehead atoms. The van der Waals surface area contributed by atoms with Crippen molar-refractivity contribution in [2.75, 3.05) is 0 Å². The van der Waals surface area contributed by atoms with Gasteiger partial charge in [-0.3, -0.25) is 14.9 Å². The summed E-state index contributed by atoms with van der Waals surface area (Å²) < 4.78 is 10.2. The Hall–Kier alpha value is -1.76. The highest BCUT2D eigenvalue weighted by atomic mass is 32.2. The maximum absolute atomic E-state index is 11.7. The highest BCUT2D eigenvalue weighted by Crippen LogP contribution is 2.21. The van der Waals surface area contributed by atoms with Crippen molar-refractivity contribution in [3.05, 3.63) is 33.4 Å². The summed E-state index contributed by atoms with van der Waals surface area (Å²) in [6.45, 7) is 7.15. The first-order valence-electron chi connectivity index (χ1n) is 5.98. The molecular weight excluding hydrogens is 282 g/mol. The van der Waals surface area contributed by atoms with E-state index in [0.717, 1.165) is 0 Å². The minimum Gasteiger partial charge on any atom is -0.459 e. The van der Waals surface area contributed by atoms with Gasteiger partial charge in [-0.25, -0.2) is 0 Å². The standard InChI is InChI=1S/C13H17NO5S/c1-9(12(15)19-13(2,3)4)20-8-7-10-5-6-11(18-10)14(16)17/h5-9H,1-4H3/b8-7+. The molecule has 7 heteroatoms. The summed E-state index contributed by atoms with van der Waals surface area (Å²) in [4.78, 5) is 21.5. The summed E-state index contributed by atoms with van der Waals surface area (Å²) in [5.74, 6) is -0.256. The minimum absolute atomic E-state index is 0.308. The van der Waals surface area contributed by atoms with E-state index in [1.165, 1.54) is 23.9 Å². The molecule has 1 aromatic heterocycles. The Morgan fingerprint density at radius 3 is 2.65 bits per heavy atom. The quantitative estimate of drug-likeness (QED) is 0.469. The van der Waals surface area contributed by atoms with Gasteiger partial charge in [0, 0.05) is 0 Å². The number of thioether (sulfide) groups is 1. The van der Waals surface area contributed by atoms with Crippen LogP contribution in [0.4, 0.5) is 5.88 Å². The van der Waals surface area contributed by atoms with Gasteiger partial charge in [0.05, 0.1) is 6.07 Å². The van der Waals surface area contributed by atoms with Crippen LogP contribution in [0.1, 0.15) is 33.5 Å². The van der Waals surface area contributed by atoms with Crippen LogP contribution in [0.5, 0.6) is 0 Å². The highest BCUT2D eigenvalue weighted by molar-refractivity contribution is 8.03. The third-order valence-corrected chi connectivity index (χ3v) is 2.94. The van der Waals surface area contributed by atoms with Crippen LogP contribution in [0.2, 0.25) is 0 Å². The topological polar surface area (TPSA) is 82.6 Å². The number of ether oxygens (including phenoxy) is 1. The monoisotopic (exact) mass is 299 g/mol. The fourth-order valence-corrected chi connectivity index (χ4v) is 1.80. The zero-order valence-corrected chi connectivity index (χ0v) is 12.6. The molecule has 0 N–H and O–H groups in total. The number of furan rings is 1. The predicted octanol–water partition coefficient (Wildman–Crippen LogP) is 3.62. The number of nitro groups is 1. The second-order valence-corrected chi connectivity index (χ2v) is 6.30. The maximum Gasteiger partial charge on any atom is 0.433 e. The Bertz CT molecular complexity index is 515. The summed E-state index contributed by atoms with van der Waals surface area (Å²) in [5.41, 5.74) is -0.517. The average Bonchev–Trinajstić information content (AvgIpc) is 2.75. The molecule has 1 rings (SSSR count). The van der Waals surface area contributed by atoms with Crippen molar-refractivity contribution in [3.8, 4) is 0 Å². The van der Waals surface area contributed by atoms with Crippen LogP contribution in [-0.2, 0) is 9.53 Å². The molecule has 0 saturated carbocycles. The zero-order valence-electron chi connectivity index (χ0n) is 11.8. The van der Waals surface area contributed by atoms with E-state index in [1.54, 1.807) is 39.2 Å². The molecule has 0 radical (unpaired) electrons. The van der Waals surface area contributed by atoms with Crippen LogP contribution in [-0.4, -0.2) is 21.7 Å². The molecule has 1 heterocycles. The van der Waals surface area contributed by atoms with Crippen molar-refractivity contribution in [3.63, 3.8) is 0 Å². The van der Waals surface area contributed by atoms with E-state index in [9.17, 15) is 14.9 Å². The molecule has 1 aromatic rings. The van der Waals surface area contributed by atoms with Gasteiger partial charge in [-0.2, -0.15) is 0 Å². The Kier molecular flexibility index (Phi) is 5.38. The van der Waals surface area contributed by atoms with Crippen molar-refractivity contribution in [2.45, 2.75) is 38.5 Å². The van der Waals surface area contributed by atoms with Crippen LogP contribution in [0.3, 0.4) is 0 Å². The molecule has 0 saturated heterocycles. The molecule has 110 valence electrons. The Morgan fingerprint density at radius 2 is 2.15 bits per heavy atom. The second-order valence-electron chi connectivity index (χ2n) is 5.05. The first-order chi connectivity index (χ1) is 9.19. The molecule has 0 aliphatic heterocycles. The number of nitrogens with zero attached hydrogens (tertiary/aromatic N) is 1. The summed E-state index contributed by atoms with van der Waals surface area (Å²) in [6.07, 6.45) is 1.57. The van der Waals surface area contributed by atoms with Crippen LogP contribution in [0.15, 0.2) is 22.0 Å². The van der Waals surface area contributed by atoms with E-state index in [4.69, 9.17) is 9.15 Å². The lowest BCUT2D eigenvalue weighted by Crippen LogP contribution is -2.28. The Balaban J connectivity index is 2.51. The van der Waals surface area contributed by atoms with E-state index < -0.39 is 10.5 Å². The highest BCUT2D eigenvalue weighted by Gasteiger charge is 2.21. The summed E-state index contributed by atoms with van der Waals surface area (Å²) >= 11 is 1.25. The number of carbonyl (C=O) groups excluding carboxylic acids is 1. The molecule has 0 amide bonds. The number of esters is 1. The summed E-state index contributed by atoms with van der Waals surface area (Å²) in [6, 6.07) is 2.77. The largest absolute Gasteiger partial charge is 0.459 e. The number of hydrogen-bond donors (Lipinski definition) is 0. The normalized spacial score (nSPS) is 13.4. The van der Waals surface area contributed by atoms with Gasteiger partial charge in [0.1, 0.15) is 21.5 Å². The zero-order chi connectivity index (χ0) is 15.3. The van der Waals surface area contributed by atoms with E-state index in [2.05, 4.69) is 0 Å². The molecule has 0 aliphatic carbocycles. The molecule has 0 fully saturated rings. The van der Waals surface area contributed by atoms with Gasteiger partial charge in [0.15, 0.2) is 0 Å². The molecule has 20 heavy (non-hydrogen) atoms. The molecule has 0 aromatic carbocycles. The second kappa shape index (κ2) is 6.60. The molecule has 6 nitrogen and oxygen atoms in total. The van der Waals surface area contributed by atoms with Crippen molar-refractivity contribution in [1.82, 2.24) is 0 Å². The third-order valence-electron chi connectivity index (χ3n) is 2.05. The Labute approximate surface area is 121 Å². The van der Waals surface area contributed by atoms with E-state index in [1.807, 2.05) is 0 Å². The van der Waals surface area contributed by atoms with Gasteiger partial charge in [0.25, 0.3) is 0 Å². The van der Waals surface area contributed by atoms with Crippen molar-refractivity contribution in [2.24, 2.45) is 0 Å². The third kappa shape index (κ3) is 5.48. The van der Waals surface area contributed by atoms with Gasteiger partial charge < -0.3 is 9.15 Å². The lowest BCUT2D eigenvalue weighted by molar-refractivity contribution is -0.402. The predicted molar refractivity (Wildman–Crippen MR) is 77.3 cm³/mol. The molecule has 0 spiro atoms. The van der Waals surface area contributed by atoms with E-state index >= 15 is 0 Å². The maximum atomic E-state index is 11.7. The molecule has 1 unspecified atom stereocenters. The average molecular weight is 299 g/mol.